The van der Waals surface area contributed by atoms with E-state index in [0.717, 1.165) is 37.3 Å². The van der Waals surface area contributed by atoms with E-state index in [0.29, 0.717) is 31.6 Å². The van der Waals surface area contributed by atoms with E-state index in [1.54, 1.807) is 6.07 Å². The topological polar surface area (TPSA) is 116 Å². The average molecular weight is 455 g/mol. The number of likely N-dealkylation sites (tertiary alicyclic amines) is 2. The zero-order valence-electron chi connectivity index (χ0n) is 18.6. The number of ether oxygens (including phenoxy) is 1. The lowest BCUT2D eigenvalue weighted by molar-refractivity contribution is -0.151. The number of aromatic amines is 1. The van der Waals surface area contributed by atoms with Crippen molar-refractivity contribution < 1.29 is 24.2 Å². The Kier molecular flexibility index (Phi) is 7.08. The maximum atomic E-state index is 13.0. The number of carbonyl (C=O) groups is 3. The highest BCUT2D eigenvalue weighted by Gasteiger charge is 2.51. The molecule has 1 spiro atoms. The molecular weight excluding hydrogens is 424 g/mol. The highest BCUT2D eigenvalue weighted by Crippen LogP contribution is 2.43. The third kappa shape index (κ3) is 5.08. The van der Waals surface area contributed by atoms with Crippen molar-refractivity contribution in [3.8, 4) is 11.3 Å². The average Bonchev–Trinajstić information content (AvgIpc) is 3.57. The molecule has 176 valence electrons. The summed E-state index contributed by atoms with van der Waals surface area (Å²) < 4.78 is 5.75. The molecule has 2 N–H and O–H groups in total. The van der Waals surface area contributed by atoms with Gasteiger partial charge in [0, 0.05) is 31.6 Å². The van der Waals surface area contributed by atoms with Gasteiger partial charge in [-0.25, -0.2) is 0 Å². The molecule has 3 saturated heterocycles. The lowest BCUT2D eigenvalue weighted by atomic mass is 9.76. The molecule has 1 aromatic heterocycles. The van der Waals surface area contributed by atoms with Crippen LogP contribution in [0.5, 0.6) is 0 Å². The van der Waals surface area contributed by atoms with Gasteiger partial charge in [-0.05, 0) is 44.8 Å². The van der Waals surface area contributed by atoms with Crippen LogP contribution in [0.1, 0.15) is 42.6 Å². The number of aromatic nitrogens is 2. The SMILES string of the molecule is O=C(c1cc(-c2ccccc2)n[nH]1)N1CCC2(CC1)CC(CN1CCCC1)OC2=O.O=CO. The fourth-order valence-corrected chi connectivity index (χ4v) is 5.10. The summed E-state index contributed by atoms with van der Waals surface area (Å²) in [5.74, 6) is -0.119. The highest BCUT2D eigenvalue weighted by atomic mass is 16.6. The van der Waals surface area contributed by atoms with Crippen molar-refractivity contribution in [2.45, 2.75) is 38.2 Å². The van der Waals surface area contributed by atoms with E-state index in [2.05, 4.69) is 15.1 Å². The Hall–Kier alpha value is -3.20. The van der Waals surface area contributed by atoms with Gasteiger partial charge in [0.2, 0.25) is 0 Å². The van der Waals surface area contributed by atoms with E-state index < -0.39 is 5.41 Å². The van der Waals surface area contributed by atoms with Crippen molar-refractivity contribution in [1.29, 1.82) is 0 Å². The zero-order chi connectivity index (χ0) is 23.3. The first-order chi connectivity index (χ1) is 16.0. The van der Waals surface area contributed by atoms with Crippen molar-refractivity contribution in [2.24, 2.45) is 5.41 Å². The molecule has 9 heteroatoms. The van der Waals surface area contributed by atoms with Gasteiger partial charge >= 0.3 is 5.97 Å². The number of hydrogen-bond acceptors (Lipinski definition) is 6. The summed E-state index contributed by atoms with van der Waals surface area (Å²) in [6.45, 7) is 3.97. The third-order valence-electron chi connectivity index (χ3n) is 6.87. The number of H-pyrrole nitrogens is 1. The van der Waals surface area contributed by atoms with Crippen LogP contribution in [0.25, 0.3) is 11.3 Å². The van der Waals surface area contributed by atoms with Crippen LogP contribution in [-0.4, -0.2) is 82.3 Å². The maximum Gasteiger partial charge on any atom is 0.312 e. The number of rotatable bonds is 4. The fourth-order valence-electron chi connectivity index (χ4n) is 5.10. The van der Waals surface area contributed by atoms with E-state index in [4.69, 9.17) is 14.6 Å². The molecule has 1 atom stereocenters. The first kappa shape index (κ1) is 23.0. The second-order valence-electron chi connectivity index (χ2n) is 8.95. The second-order valence-corrected chi connectivity index (χ2v) is 8.95. The predicted octanol–water partition coefficient (Wildman–Crippen LogP) is 2.41. The minimum atomic E-state index is -0.412. The van der Waals surface area contributed by atoms with Gasteiger partial charge in [0.15, 0.2) is 0 Å². The van der Waals surface area contributed by atoms with Crippen LogP contribution in [0.2, 0.25) is 0 Å². The van der Waals surface area contributed by atoms with Crippen LogP contribution < -0.4 is 0 Å². The van der Waals surface area contributed by atoms with E-state index >= 15 is 0 Å². The molecule has 4 heterocycles. The number of amides is 1. The number of nitrogens with one attached hydrogen (secondary N) is 1. The molecule has 3 aliphatic rings. The van der Waals surface area contributed by atoms with Gasteiger partial charge in [-0.3, -0.25) is 24.4 Å². The first-order valence-corrected chi connectivity index (χ1v) is 11.5. The van der Waals surface area contributed by atoms with Crippen molar-refractivity contribution in [3.05, 3.63) is 42.1 Å². The molecule has 0 bridgehead atoms. The van der Waals surface area contributed by atoms with Gasteiger partial charge in [0.05, 0.1) is 11.1 Å². The summed E-state index contributed by atoms with van der Waals surface area (Å²) in [5.41, 5.74) is 1.81. The van der Waals surface area contributed by atoms with Crippen LogP contribution in [0, 0.1) is 5.41 Å². The van der Waals surface area contributed by atoms with E-state index in [1.165, 1.54) is 12.8 Å². The normalized spacial score (nSPS) is 22.0. The summed E-state index contributed by atoms with van der Waals surface area (Å²) in [5, 5.41) is 14.1. The Labute approximate surface area is 192 Å². The quantitative estimate of drug-likeness (QED) is 0.538. The molecule has 1 unspecified atom stereocenters. The second kappa shape index (κ2) is 10.2. The van der Waals surface area contributed by atoms with Crippen LogP contribution in [0.4, 0.5) is 0 Å². The Morgan fingerprint density at radius 3 is 2.52 bits per heavy atom. The lowest BCUT2D eigenvalue weighted by Crippen LogP contribution is -2.45. The Bertz CT molecular complexity index is 962. The number of piperidine rings is 1. The summed E-state index contributed by atoms with van der Waals surface area (Å²) in [7, 11) is 0. The number of cyclic esters (lactones) is 1. The molecule has 1 aromatic carbocycles. The molecule has 0 saturated carbocycles. The number of carboxylic acid groups (broad SMARTS) is 1. The number of benzene rings is 1. The molecule has 0 aliphatic carbocycles. The van der Waals surface area contributed by atoms with Crippen molar-refractivity contribution in [3.63, 3.8) is 0 Å². The number of carbonyl (C=O) groups excluding carboxylic acids is 2. The van der Waals surface area contributed by atoms with Gasteiger partial charge in [-0.15, -0.1) is 0 Å². The number of esters is 1. The Balaban J connectivity index is 0.000000821. The van der Waals surface area contributed by atoms with Gasteiger partial charge in [-0.2, -0.15) is 5.10 Å². The lowest BCUT2D eigenvalue weighted by Gasteiger charge is -2.36. The molecule has 5 rings (SSSR count). The number of hydrogen-bond donors (Lipinski definition) is 2. The highest BCUT2D eigenvalue weighted by molar-refractivity contribution is 5.93. The molecule has 33 heavy (non-hydrogen) atoms. The van der Waals surface area contributed by atoms with E-state index in [-0.39, 0.29) is 24.5 Å². The van der Waals surface area contributed by atoms with Crippen LogP contribution in [0.3, 0.4) is 0 Å². The zero-order valence-corrected chi connectivity index (χ0v) is 18.6. The van der Waals surface area contributed by atoms with Crippen LogP contribution in [0.15, 0.2) is 36.4 Å². The number of nitrogens with zero attached hydrogens (tertiary/aromatic N) is 3. The van der Waals surface area contributed by atoms with Crippen molar-refractivity contribution in [2.75, 3.05) is 32.7 Å². The maximum absolute atomic E-state index is 13.0. The van der Waals surface area contributed by atoms with Crippen LogP contribution in [-0.2, 0) is 14.3 Å². The Morgan fingerprint density at radius 1 is 1.18 bits per heavy atom. The summed E-state index contributed by atoms with van der Waals surface area (Å²) in [6, 6.07) is 11.6. The molecule has 0 radical (unpaired) electrons. The van der Waals surface area contributed by atoms with E-state index in [1.807, 2.05) is 35.2 Å². The molecule has 3 aliphatic heterocycles. The van der Waals surface area contributed by atoms with Crippen molar-refractivity contribution >= 4 is 18.3 Å². The minimum Gasteiger partial charge on any atom is -0.483 e. The molecule has 9 nitrogen and oxygen atoms in total. The van der Waals surface area contributed by atoms with Gasteiger partial charge in [0.1, 0.15) is 11.8 Å². The van der Waals surface area contributed by atoms with Crippen molar-refractivity contribution in [1.82, 2.24) is 20.0 Å². The molecule has 3 fully saturated rings. The monoisotopic (exact) mass is 454 g/mol. The van der Waals surface area contributed by atoms with Gasteiger partial charge < -0.3 is 14.7 Å². The largest absolute Gasteiger partial charge is 0.483 e. The van der Waals surface area contributed by atoms with Gasteiger partial charge in [0.25, 0.3) is 12.4 Å². The van der Waals surface area contributed by atoms with Gasteiger partial charge in [-0.1, -0.05) is 30.3 Å². The third-order valence-corrected chi connectivity index (χ3v) is 6.87. The predicted molar refractivity (Wildman–Crippen MR) is 120 cm³/mol. The Morgan fingerprint density at radius 2 is 1.85 bits per heavy atom. The first-order valence-electron chi connectivity index (χ1n) is 11.5. The molecule has 2 aromatic rings. The summed E-state index contributed by atoms with van der Waals surface area (Å²) >= 11 is 0. The summed E-state index contributed by atoms with van der Waals surface area (Å²) in [4.78, 5) is 38.2. The fraction of sp³-hybridized carbons (Fsp3) is 0.500. The smallest absolute Gasteiger partial charge is 0.312 e. The minimum absolute atomic E-state index is 0.00103. The summed E-state index contributed by atoms with van der Waals surface area (Å²) in [6.07, 6.45) is 4.61. The van der Waals surface area contributed by atoms with E-state index in [9.17, 15) is 9.59 Å². The van der Waals surface area contributed by atoms with Crippen LogP contribution >= 0.6 is 0 Å². The molecule has 1 amide bonds. The standard InChI is InChI=1S/C23H28N4O3.CH2O2/c28-21(20-14-19(24-25-20)17-6-2-1-3-7-17)27-12-8-23(9-13-27)15-18(30-22(23)29)16-26-10-4-5-11-26;2-1-3/h1-3,6-7,14,18H,4-5,8-13,15-16H2,(H,24,25);1H,(H,2,3). The molecular formula is C24H30N4O5.